The molecule has 0 radical (unpaired) electrons. The van der Waals surface area contributed by atoms with Crippen LogP contribution in [-0.4, -0.2) is 29.6 Å². The summed E-state index contributed by atoms with van der Waals surface area (Å²) in [5.41, 5.74) is 3.45. The predicted molar refractivity (Wildman–Crippen MR) is 77.8 cm³/mol. The molecule has 0 aliphatic rings. The summed E-state index contributed by atoms with van der Waals surface area (Å²) in [6.45, 7) is 11.5. The molecule has 0 aromatic heterocycles. The van der Waals surface area contributed by atoms with E-state index in [1.807, 2.05) is 0 Å². The second kappa shape index (κ2) is 6.35. The molecule has 2 atom stereocenters. The van der Waals surface area contributed by atoms with Gasteiger partial charge in [0.15, 0.2) is 0 Å². The van der Waals surface area contributed by atoms with Gasteiger partial charge in [0.1, 0.15) is 0 Å². The Morgan fingerprint density at radius 2 is 1.56 bits per heavy atom. The summed E-state index contributed by atoms with van der Waals surface area (Å²) in [4.78, 5) is 2.23. The maximum atomic E-state index is 10.3. The summed E-state index contributed by atoms with van der Waals surface area (Å²) in [5.74, 6) is 0.599. The molecule has 0 spiro atoms. The molecule has 0 aliphatic heterocycles. The van der Waals surface area contributed by atoms with Gasteiger partial charge in [-0.05, 0) is 39.3 Å². The van der Waals surface area contributed by atoms with Crippen LogP contribution in [0.2, 0.25) is 0 Å². The second-order valence-corrected chi connectivity index (χ2v) is 5.86. The molecule has 0 saturated carbocycles. The zero-order valence-electron chi connectivity index (χ0n) is 12.6. The van der Waals surface area contributed by atoms with Crippen molar-refractivity contribution < 1.29 is 5.11 Å². The van der Waals surface area contributed by atoms with Crippen molar-refractivity contribution in [2.24, 2.45) is 5.92 Å². The smallest absolute Gasteiger partial charge is 0.0917 e. The number of rotatable bonds is 5. The first-order chi connectivity index (χ1) is 8.31. The highest BCUT2D eigenvalue weighted by Crippen LogP contribution is 2.19. The third-order valence-electron chi connectivity index (χ3n) is 3.75. The standard InChI is InChI=1S/C16H27NO/c1-11(2)14(5)17(6)10-16(18)15-8-12(3)7-13(4)9-15/h7-9,11,14,16,18H,10H2,1-6H3. The second-order valence-electron chi connectivity index (χ2n) is 5.86. The first-order valence-electron chi connectivity index (χ1n) is 6.77. The number of likely N-dealkylation sites (N-methyl/N-ethyl adjacent to an activating group) is 1. The number of aliphatic hydroxyl groups excluding tert-OH is 1. The highest BCUT2D eigenvalue weighted by atomic mass is 16.3. The SMILES string of the molecule is Cc1cc(C)cc(C(O)CN(C)C(C)C(C)C)c1. The van der Waals surface area contributed by atoms with Gasteiger partial charge in [0, 0.05) is 12.6 Å². The molecule has 0 saturated heterocycles. The molecule has 0 heterocycles. The van der Waals surface area contributed by atoms with E-state index < -0.39 is 6.10 Å². The zero-order valence-corrected chi connectivity index (χ0v) is 12.6. The minimum Gasteiger partial charge on any atom is -0.387 e. The lowest BCUT2D eigenvalue weighted by Crippen LogP contribution is -2.36. The maximum absolute atomic E-state index is 10.3. The van der Waals surface area contributed by atoms with Crippen LogP contribution in [0.15, 0.2) is 18.2 Å². The lowest BCUT2D eigenvalue weighted by atomic mass is 10.0. The van der Waals surface area contributed by atoms with Crippen LogP contribution < -0.4 is 0 Å². The molecule has 1 aromatic rings. The Labute approximate surface area is 112 Å². The molecule has 0 bridgehead atoms. The van der Waals surface area contributed by atoms with Gasteiger partial charge < -0.3 is 10.0 Å². The molecule has 2 heteroatoms. The van der Waals surface area contributed by atoms with Gasteiger partial charge in [-0.3, -0.25) is 0 Å². The van der Waals surface area contributed by atoms with Crippen molar-refractivity contribution in [2.45, 2.75) is 46.8 Å². The lowest BCUT2D eigenvalue weighted by molar-refractivity contribution is 0.0954. The number of benzene rings is 1. The van der Waals surface area contributed by atoms with Crippen molar-refractivity contribution >= 4 is 0 Å². The summed E-state index contributed by atoms with van der Waals surface area (Å²) in [6, 6.07) is 6.76. The largest absolute Gasteiger partial charge is 0.387 e. The zero-order chi connectivity index (χ0) is 13.9. The van der Waals surface area contributed by atoms with Gasteiger partial charge in [0.25, 0.3) is 0 Å². The van der Waals surface area contributed by atoms with Crippen LogP contribution in [-0.2, 0) is 0 Å². The van der Waals surface area contributed by atoms with Gasteiger partial charge in [-0.1, -0.05) is 43.2 Å². The highest BCUT2D eigenvalue weighted by molar-refractivity contribution is 5.30. The lowest BCUT2D eigenvalue weighted by Gasteiger charge is -2.29. The van der Waals surface area contributed by atoms with Gasteiger partial charge in [-0.2, -0.15) is 0 Å². The normalized spacial score (nSPS) is 15.2. The van der Waals surface area contributed by atoms with Crippen LogP contribution >= 0.6 is 0 Å². The minimum atomic E-state index is -0.408. The van der Waals surface area contributed by atoms with Crippen LogP contribution in [0.4, 0.5) is 0 Å². The summed E-state index contributed by atoms with van der Waals surface area (Å²) in [7, 11) is 2.08. The molecule has 0 fully saturated rings. The monoisotopic (exact) mass is 249 g/mol. The van der Waals surface area contributed by atoms with E-state index in [1.165, 1.54) is 11.1 Å². The van der Waals surface area contributed by atoms with Gasteiger partial charge in [0.2, 0.25) is 0 Å². The van der Waals surface area contributed by atoms with E-state index in [4.69, 9.17) is 0 Å². The maximum Gasteiger partial charge on any atom is 0.0917 e. The third-order valence-corrected chi connectivity index (χ3v) is 3.75. The molecule has 1 aromatic carbocycles. The van der Waals surface area contributed by atoms with E-state index in [-0.39, 0.29) is 0 Å². The Morgan fingerprint density at radius 1 is 1.06 bits per heavy atom. The fourth-order valence-corrected chi connectivity index (χ4v) is 2.26. The minimum absolute atomic E-state index is 0.408. The number of hydrogen-bond acceptors (Lipinski definition) is 2. The molecular weight excluding hydrogens is 222 g/mol. The van der Waals surface area contributed by atoms with Crippen molar-refractivity contribution in [2.75, 3.05) is 13.6 Å². The Bertz CT molecular complexity index is 366. The fourth-order valence-electron chi connectivity index (χ4n) is 2.26. The Hall–Kier alpha value is -0.860. The average Bonchev–Trinajstić information content (AvgIpc) is 2.26. The highest BCUT2D eigenvalue weighted by Gasteiger charge is 2.17. The first-order valence-corrected chi connectivity index (χ1v) is 6.77. The predicted octanol–water partition coefficient (Wildman–Crippen LogP) is 3.31. The average molecular weight is 249 g/mol. The van der Waals surface area contributed by atoms with Crippen LogP contribution in [0.5, 0.6) is 0 Å². The van der Waals surface area contributed by atoms with E-state index in [0.29, 0.717) is 18.5 Å². The molecule has 102 valence electrons. The number of nitrogens with zero attached hydrogens (tertiary/aromatic N) is 1. The van der Waals surface area contributed by atoms with Crippen LogP contribution in [0.1, 0.15) is 43.6 Å². The van der Waals surface area contributed by atoms with Gasteiger partial charge in [0.05, 0.1) is 6.10 Å². The molecule has 1 rings (SSSR count). The van der Waals surface area contributed by atoms with Crippen molar-refractivity contribution in [1.29, 1.82) is 0 Å². The number of aryl methyl sites for hydroxylation is 2. The number of hydrogen-bond donors (Lipinski definition) is 1. The van der Waals surface area contributed by atoms with Crippen molar-refractivity contribution in [3.05, 3.63) is 34.9 Å². The fraction of sp³-hybridized carbons (Fsp3) is 0.625. The molecular formula is C16H27NO. The first kappa shape index (κ1) is 15.2. The Kier molecular flexibility index (Phi) is 5.36. The Balaban J connectivity index is 2.73. The molecule has 2 nitrogen and oxygen atoms in total. The topological polar surface area (TPSA) is 23.5 Å². The van der Waals surface area contributed by atoms with Crippen molar-refractivity contribution in [3.63, 3.8) is 0 Å². The van der Waals surface area contributed by atoms with E-state index in [0.717, 1.165) is 5.56 Å². The van der Waals surface area contributed by atoms with E-state index >= 15 is 0 Å². The van der Waals surface area contributed by atoms with Crippen molar-refractivity contribution in [1.82, 2.24) is 4.90 Å². The van der Waals surface area contributed by atoms with E-state index in [1.54, 1.807) is 0 Å². The number of aliphatic hydroxyl groups is 1. The molecule has 0 aliphatic carbocycles. The molecule has 0 amide bonds. The molecule has 2 unspecified atom stereocenters. The molecule has 1 N–H and O–H groups in total. The quantitative estimate of drug-likeness (QED) is 0.865. The summed E-state index contributed by atoms with van der Waals surface area (Å²) < 4.78 is 0. The Morgan fingerprint density at radius 3 is 2.00 bits per heavy atom. The van der Waals surface area contributed by atoms with Crippen LogP contribution in [0, 0.1) is 19.8 Å². The van der Waals surface area contributed by atoms with Gasteiger partial charge in [-0.25, -0.2) is 0 Å². The van der Waals surface area contributed by atoms with Crippen LogP contribution in [0.3, 0.4) is 0 Å². The third kappa shape index (κ3) is 4.11. The summed E-state index contributed by atoms with van der Waals surface area (Å²) >= 11 is 0. The van der Waals surface area contributed by atoms with E-state index in [2.05, 4.69) is 64.8 Å². The van der Waals surface area contributed by atoms with Gasteiger partial charge in [-0.15, -0.1) is 0 Å². The molecule has 18 heavy (non-hydrogen) atoms. The van der Waals surface area contributed by atoms with Crippen molar-refractivity contribution in [3.8, 4) is 0 Å². The summed E-state index contributed by atoms with van der Waals surface area (Å²) in [6.07, 6.45) is -0.408. The summed E-state index contributed by atoms with van der Waals surface area (Å²) in [5, 5.41) is 10.3. The van der Waals surface area contributed by atoms with E-state index in [9.17, 15) is 5.11 Å². The van der Waals surface area contributed by atoms with Gasteiger partial charge >= 0.3 is 0 Å². The van der Waals surface area contributed by atoms with Crippen LogP contribution in [0.25, 0.3) is 0 Å².